The summed E-state index contributed by atoms with van der Waals surface area (Å²) in [5.41, 5.74) is 0.893. The summed E-state index contributed by atoms with van der Waals surface area (Å²) in [5.74, 6) is -0.825. The molecule has 0 aliphatic carbocycles. The van der Waals surface area contributed by atoms with Gasteiger partial charge in [0, 0.05) is 31.8 Å². The Morgan fingerprint density at radius 3 is 2.39 bits per heavy atom. The highest BCUT2D eigenvalue weighted by Gasteiger charge is 2.17. The van der Waals surface area contributed by atoms with Crippen LogP contribution in [-0.2, 0) is 14.3 Å². The molecule has 12 heteroatoms. The number of ether oxygens (including phenoxy) is 2. The number of hydrogen-bond donors (Lipinski definition) is 3. The van der Waals surface area contributed by atoms with Gasteiger partial charge in [0.05, 0.1) is 28.7 Å². The van der Waals surface area contributed by atoms with Crippen molar-refractivity contribution in [1.29, 1.82) is 5.41 Å². The number of carbonyl (C=O) groups excluding carboxylic acids is 3. The number of pyridine rings is 1. The van der Waals surface area contributed by atoms with E-state index in [1.807, 2.05) is 0 Å². The van der Waals surface area contributed by atoms with Crippen molar-refractivity contribution in [2.45, 2.75) is 34.6 Å². The van der Waals surface area contributed by atoms with E-state index in [0.29, 0.717) is 16.4 Å². The second-order valence-electron chi connectivity index (χ2n) is 8.86. The number of amides is 2. The normalized spacial score (nSPS) is 11.8. The Labute approximate surface area is 245 Å². The number of hydrogen-bond acceptors (Lipinski definition) is 7. The highest BCUT2D eigenvalue weighted by molar-refractivity contribution is 6.30. The average Bonchev–Trinajstić information content (AvgIpc) is 2.92. The zero-order chi connectivity index (χ0) is 31.1. The van der Waals surface area contributed by atoms with Gasteiger partial charge in [0.25, 0.3) is 11.8 Å². The fourth-order valence-corrected chi connectivity index (χ4v) is 3.18. The van der Waals surface area contributed by atoms with Crippen LogP contribution in [-0.4, -0.2) is 60.8 Å². The molecule has 1 heterocycles. The van der Waals surface area contributed by atoms with Gasteiger partial charge in [0.2, 0.25) is 0 Å². The summed E-state index contributed by atoms with van der Waals surface area (Å²) in [5, 5.41) is 13.2. The highest BCUT2D eigenvalue weighted by atomic mass is 35.5. The molecule has 1 atom stereocenters. The van der Waals surface area contributed by atoms with E-state index >= 15 is 0 Å². The molecule has 1 unspecified atom stereocenters. The number of nitrogens with zero attached hydrogens (tertiary/aromatic N) is 2. The minimum Gasteiger partial charge on any atom is -0.482 e. The molecule has 0 saturated carbocycles. The molecule has 0 fully saturated rings. The Balaban J connectivity index is 0.000000646. The molecule has 1 aromatic carbocycles. The van der Waals surface area contributed by atoms with Crippen LogP contribution in [0.4, 0.5) is 15.9 Å². The number of amidine groups is 1. The minimum absolute atomic E-state index is 0.130. The first-order valence-electron chi connectivity index (χ1n) is 12.7. The molecule has 0 saturated heterocycles. The lowest BCUT2D eigenvalue weighted by atomic mass is 10.1. The van der Waals surface area contributed by atoms with Crippen LogP contribution in [0.1, 0.15) is 45.0 Å². The largest absolute Gasteiger partial charge is 0.482 e. The van der Waals surface area contributed by atoms with Gasteiger partial charge in [0.1, 0.15) is 17.4 Å². The van der Waals surface area contributed by atoms with E-state index in [-0.39, 0.29) is 53.7 Å². The Hall–Kier alpha value is -4.25. The topological polar surface area (TPSA) is 134 Å². The summed E-state index contributed by atoms with van der Waals surface area (Å²) in [6.07, 6.45) is 4.49. The first-order valence-corrected chi connectivity index (χ1v) is 13.1. The maximum atomic E-state index is 12.8. The third-order valence-corrected chi connectivity index (χ3v) is 5.52. The van der Waals surface area contributed by atoms with Crippen molar-refractivity contribution in [3.8, 4) is 5.75 Å². The van der Waals surface area contributed by atoms with Crippen LogP contribution in [0.3, 0.4) is 0 Å². The summed E-state index contributed by atoms with van der Waals surface area (Å²) >= 11 is 5.81. The lowest BCUT2D eigenvalue weighted by Gasteiger charge is -2.17. The Morgan fingerprint density at radius 1 is 1.17 bits per heavy atom. The SMILES string of the molecule is C/C(F)=C\C(C)C(=N)N(C)C.C/C=C(\C)C(=O)Nc1ccc(OCC(=O)OCC)cc1C(=O)Nc1ccc(Cl)cn1. The van der Waals surface area contributed by atoms with E-state index in [9.17, 15) is 18.8 Å². The summed E-state index contributed by atoms with van der Waals surface area (Å²) in [7, 11) is 3.56. The molecule has 222 valence electrons. The van der Waals surface area contributed by atoms with Crippen LogP contribution >= 0.6 is 11.6 Å². The average molecular weight is 590 g/mol. The monoisotopic (exact) mass is 589 g/mol. The predicted octanol–water partition coefficient (Wildman–Crippen LogP) is 5.87. The second-order valence-corrected chi connectivity index (χ2v) is 9.30. The second kappa shape index (κ2) is 17.4. The van der Waals surface area contributed by atoms with Crippen molar-refractivity contribution >= 4 is 46.7 Å². The van der Waals surface area contributed by atoms with E-state index in [0.717, 1.165) is 0 Å². The molecule has 0 aliphatic rings. The van der Waals surface area contributed by atoms with Gasteiger partial charge in [-0.2, -0.15) is 0 Å². The van der Waals surface area contributed by atoms with E-state index in [2.05, 4.69) is 15.6 Å². The first kappa shape index (κ1) is 34.8. The Morgan fingerprint density at radius 2 is 1.85 bits per heavy atom. The number of rotatable bonds is 10. The van der Waals surface area contributed by atoms with Gasteiger partial charge in [-0.05, 0) is 64.1 Å². The zero-order valence-electron chi connectivity index (χ0n) is 24.3. The predicted molar refractivity (Wildman–Crippen MR) is 159 cm³/mol. The van der Waals surface area contributed by atoms with E-state index in [1.54, 1.807) is 64.9 Å². The summed E-state index contributed by atoms with van der Waals surface area (Å²) < 4.78 is 22.5. The van der Waals surface area contributed by atoms with Gasteiger partial charge >= 0.3 is 5.97 Å². The third kappa shape index (κ3) is 12.6. The molecular weight excluding hydrogens is 553 g/mol. The number of esters is 1. The van der Waals surface area contributed by atoms with Gasteiger partial charge in [-0.15, -0.1) is 0 Å². The fraction of sp³-hybridized carbons (Fsp3) is 0.345. The van der Waals surface area contributed by atoms with E-state index < -0.39 is 11.9 Å². The molecule has 0 aliphatic heterocycles. The maximum Gasteiger partial charge on any atom is 0.344 e. The van der Waals surface area contributed by atoms with Crippen molar-refractivity contribution in [3.63, 3.8) is 0 Å². The Bertz CT molecular complexity index is 1270. The van der Waals surface area contributed by atoms with Gasteiger partial charge in [0.15, 0.2) is 6.61 Å². The van der Waals surface area contributed by atoms with Gasteiger partial charge in [-0.1, -0.05) is 24.6 Å². The molecule has 0 bridgehead atoms. The van der Waals surface area contributed by atoms with Crippen LogP contribution in [0.5, 0.6) is 5.75 Å². The van der Waals surface area contributed by atoms with Gasteiger partial charge in [-0.25, -0.2) is 14.2 Å². The number of aromatic nitrogens is 1. The summed E-state index contributed by atoms with van der Waals surface area (Å²) in [6, 6.07) is 7.61. The third-order valence-electron chi connectivity index (χ3n) is 5.30. The number of halogens is 2. The molecule has 0 spiro atoms. The number of benzene rings is 1. The molecule has 2 rings (SSSR count). The van der Waals surface area contributed by atoms with E-state index in [1.165, 1.54) is 37.4 Å². The number of anilines is 2. The molecule has 41 heavy (non-hydrogen) atoms. The quantitative estimate of drug-likeness (QED) is 0.137. The lowest BCUT2D eigenvalue weighted by Crippen LogP contribution is -2.26. The lowest BCUT2D eigenvalue weighted by molar-refractivity contribution is -0.145. The minimum atomic E-state index is -0.532. The van der Waals surface area contributed by atoms with Crippen LogP contribution in [0, 0.1) is 11.3 Å². The molecular formula is C29H37ClFN5O5. The molecule has 0 radical (unpaired) electrons. The van der Waals surface area contributed by atoms with E-state index in [4.69, 9.17) is 26.5 Å². The standard InChI is InChI=1S/C21H22ClN3O5.C8H15FN2/c1-4-13(3)20(27)24-17-8-7-15(30-12-19(26)29-5-2)10-16(17)21(28)25-18-9-6-14(22)11-23-18;1-6(5-7(2)9)8(10)11(3)4/h4,6-11H,5,12H2,1-3H3,(H,24,27)(H,23,25,28);5-6,10H,1-4H3/b13-4+;7-5+,10-8?. The maximum absolute atomic E-state index is 12.8. The molecule has 10 nitrogen and oxygen atoms in total. The van der Waals surface area contributed by atoms with Crippen molar-refractivity contribution in [3.05, 3.63) is 70.7 Å². The number of carbonyl (C=O) groups is 3. The van der Waals surface area contributed by atoms with Crippen molar-refractivity contribution in [2.24, 2.45) is 5.92 Å². The fourth-order valence-electron chi connectivity index (χ4n) is 3.07. The first-order chi connectivity index (χ1) is 19.3. The molecule has 1 aromatic heterocycles. The molecule has 3 N–H and O–H groups in total. The Kier molecular flexibility index (Phi) is 14.8. The van der Waals surface area contributed by atoms with Crippen molar-refractivity contribution in [1.82, 2.24) is 9.88 Å². The zero-order valence-corrected chi connectivity index (χ0v) is 25.1. The van der Waals surface area contributed by atoms with Crippen LogP contribution in [0.15, 0.2) is 60.1 Å². The number of nitrogens with one attached hydrogen (secondary N) is 3. The van der Waals surface area contributed by atoms with Crippen LogP contribution in [0.2, 0.25) is 5.02 Å². The van der Waals surface area contributed by atoms with Crippen molar-refractivity contribution < 1.29 is 28.2 Å². The van der Waals surface area contributed by atoms with Crippen LogP contribution < -0.4 is 15.4 Å². The summed E-state index contributed by atoms with van der Waals surface area (Å²) in [4.78, 5) is 42.3. The van der Waals surface area contributed by atoms with Gasteiger partial charge < -0.3 is 25.0 Å². The number of allylic oxidation sites excluding steroid dienone is 2. The van der Waals surface area contributed by atoms with Gasteiger partial charge in [-0.3, -0.25) is 15.0 Å². The molecule has 2 amide bonds. The highest BCUT2D eigenvalue weighted by Crippen LogP contribution is 2.24. The molecule has 2 aromatic rings. The van der Waals surface area contributed by atoms with Crippen LogP contribution in [0.25, 0.3) is 0 Å². The van der Waals surface area contributed by atoms with Crippen molar-refractivity contribution in [2.75, 3.05) is 37.9 Å². The summed E-state index contributed by atoms with van der Waals surface area (Å²) in [6.45, 7) is 8.20. The smallest absolute Gasteiger partial charge is 0.344 e.